The van der Waals surface area contributed by atoms with Gasteiger partial charge < -0.3 is 24.1 Å². The van der Waals surface area contributed by atoms with Crippen molar-refractivity contribution in [1.29, 1.82) is 0 Å². The minimum absolute atomic E-state index is 0.0271. The summed E-state index contributed by atoms with van der Waals surface area (Å²) in [5, 5.41) is 19.0. The zero-order valence-electron chi connectivity index (χ0n) is 18.5. The lowest BCUT2D eigenvalue weighted by Gasteiger charge is -2.18. The summed E-state index contributed by atoms with van der Waals surface area (Å²) >= 11 is 0. The lowest BCUT2D eigenvalue weighted by atomic mass is 9.93. The summed E-state index contributed by atoms with van der Waals surface area (Å²) in [4.78, 5) is 18.6. The van der Waals surface area contributed by atoms with E-state index in [-0.39, 0.29) is 12.1 Å². The summed E-state index contributed by atoms with van der Waals surface area (Å²) in [7, 11) is 6.10. The van der Waals surface area contributed by atoms with Gasteiger partial charge in [0, 0.05) is 17.0 Å². The Hall–Kier alpha value is -4.34. The van der Waals surface area contributed by atoms with Gasteiger partial charge in [0.1, 0.15) is 6.54 Å². The minimum Gasteiger partial charge on any atom is -0.493 e. The summed E-state index contributed by atoms with van der Waals surface area (Å²) in [6.07, 6.45) is 3.04. The number of aromatic nitrogens is 4. The smallest absolute Gasteiger partial charge is 0.338 e. The lowest BCUT2D eigenvalue weighted by molar-refractivity contribution is 0.0696. The molecule has 1 N–H and O–H groups in total. The number of nitrogens with zero attached hydrogens (tertiary/aromatic N) is 4. The maximum absolute atomic E-state index is 12.5. The normalized spacial score (nSPS) is 10.8. The van der Waals surface area contributed by atoms with E-state index in [1.54, 1.807) is 30.3 Å². The van der Waals surface area contributed by atoms with E-state index in [1.807, 2.05) is 0 Å². The molecule has 0 aliphatic heterocycles. The molecule has 0 aliphatic carbocycles. The highest BCUT2D eigenvalue weighted by Crippen LogP contribution is 2.41. The van der Waals surface area contributed by atoms with E-state index in [1.165, 1.54) is 45.6 Å². The third-order valence-corrected chi connectivity index (χ3v) is 5.21. The van der Waals surface area contributed by atoms with Crippen LogP contribution in [0.2, 0.25) is 0 Å². The molecule has 0 aliphatic rings. The average molecular weight is 450 g/mol. The highest BCUT2D eigenvalue weighted by Gasteiger charge is 2.25. The third-order valence-electron chi connectivity index (χ3n) is 5.21. The predicted octanol–water partition coefficient (Wildman–Crippen LogP) is 3.27. The Morgan fingerprint density at radius 1 is 0.879 bits per heavy atom. The Labute approximate surface area is 189 Å². The number of ether oxygens (including phenoxy) is 4. The largest absolute Gasteiger partial charge is 0.493 e. The number of methoxy groups -OCH3 is 4. The first-order valence-corrected chi connectivity index (χ1v) is 9.89. The quantitative estimate of drug-likeness (QED) is 0.431. The first-order chi connectivity index (χ1) is 16.0. The van der Waals surface area contributed by atoms with E-state index in [0.717, 1.165) is 0 Å². The molecular formula is C23H22N4O6. The van der Waals surface area contributed by atoms with E-state index in [4.69, 9.17) is 18.9 Å². The van der Waals surface area contributed by atoms with Gasteiger partial charge in [0.05, 0.1) is 57.6 Å². The molecule has 10 heteroatoms. The Morgan fingerprint density at radius 2 is 1.48 bits per heavy atom. The van der Waals surface area contributed by atoms with Gasteiger partial charge in [0.2, 0.25) is 0 Å². The number of fused-ring (bicyclic) bond motifs is 1. The maximum atomic E-state index is 12.5. The zero-order valence-corrected chi connectivity index (χ0v) is 18.5. The van der Waals surface area contributed by atoms with Gasteiger partial charge in [-0.25, -0.2) is 9.78 Å². The Kier molecular flexibility index (Phi) is 5.99. The second-order valence-corrected chi connectivity index (χ2v) is 6.97. The van der Waals surface area contributed by atoms with Crippen molar-refractivity contribution in [3.8, 4) is 34.1 Å². The van der Waals surface area contributed by atoms with Gasteiger partial charge in [-0.05, 0) is 23.8 Å². The van der Waals surface area contributed by atoms with Crippen LogP contribution in [0, 0.1) is 0 Å². The first kappa shape index (κ1) is 21.9. The number of hydrogen-bond acceptors (Lipinski definition) is 8. The van der Waals surface area contributed by atoms with Gasteiger partial charge in [-0.15, -0.1) is 0 Å². The van der Waals surface area contributed by atoms with Gasteiger partial charge >= 0.3 is 5.97 Å². The van der Waals surface area contributed by atoms with E-state index in [0.29, 0.717) is 50.7 Å². The van der Waals surface area contributed by atoms with E-state index >= 15 is 0 Å². The maximum Gasteiger partial charge on any atom is 0.338 e. The molecule has 33 heavy (non-hydrogen) atoms. The number of benzene rings is 2. The van der Waals surface area contributed by atoms with Crippen molar-refractivity contribution in [3.63, 3.8) is 0 Å². The molecule has 2 aromatic carbocycles. The molecule has 0 amide bonds. The van der Waals surface area contributed by atoms with Crippen molar-refractivity contribution >= 4 is 16.9 Å². The summed E-state index contributed by atoms with van der Waals surface area (Å²) in [6, 6.07) is 8.66. The molecule has 4 aromatic rings. The molecule has 0 radical (unpaired) electrons. The van der Waals surface area contributed by atoms with Gasteiger partial charge in [-0.3, -0.25) is 0 Å². The Morgan fingerprint density at radius 3 is 2.09 bits per heavy atom. The number of aromatic carboxylic acids is 1. The number of rotatable bonds is 8. The second-order valence-electron chi connectivity index (χ2n) is 6.97. The molecule has 2 heterocycles. The van der Waals surface area contributed by atoms with Crippen LogP contribution < -0.4 is 18.9 Å². The average Bonchev–Trinajstić information content (AvgIpc) is 3.34. The molecule has 0 bridgehead atoms. The topological polar surface area (TPSA) is 118 Å². The van der Waals surface area contributed by atoms with Gasteiger partial charge in [-0.2, -0.15) is 15.0 Å². The Bertz CT molecular complexity index is 1320. The summed E-state index contributed by atoms with van der Waals surface area (Å²) in [5.41, 5.74) is 1.92. The highest BCUT2D eigenvalue weighted by molar-refractivity contribution is 6.08. The lowest BCUT2D eigenvalue weighted by Crippen LogP contribution is -2.14. The van der Waals surface area contributed by atoms with E-state index in [2.05, 4.69) is 15.2 Å². The van der Waals surface area contributed by atoms with Crippen molar-refractivity contribution in [2.24, 2.45) is 0 Å². The van der Waals surface area contributed by atoms with Crippen LogP contribution in [0.5, 0.6) is 23.0 Å². The van der Waals surface area contributed by atoms with Crippen LogP contribution in [0.3, 0.4) is 0 Å². The van der Waals surface area contributed by atoms with Crippen molar-refractivity contribution in [3.05, 3.63) is 54.0 Å². The minimum atomic E-state index is -1.13. The number of carbonyl (C=O) groups is 1. The van der Waals surface area contributed by atoms with Crippen LogP contribution in [0.15, 0.2) is 42.7 Å². The fraction of sp³-hybridized carbons (Fsp3) is 0.217. The zero-order chi connectivity index (χ0) is 23.5. The van der Waals surface area contributed by atoms with Crippen LogP contribution in [-0.2, 0) is 6.54 Å². The number of pyridine rings is 1. The monoisotopic (exact) mass is 450 g/mol. The molecule has 0 spiro atoms. The van der Waals surface area contributed by atoms with Crippen LogP contribution in [0.4, 0.5) is 0 Å². The van der Waals surface area contributed by atoms with E-state index < -0.39 is 5.97 Å². The van der Waals surface area contributed by atoms with Crippen LogP contribution in [0.1, 0.15) is 16.1 Å². The summed E-state index contributed by atoms with van der Waals surface area (Å²) in [6.45, 7) is 0.0687. The fourth-order valence-corrected chi connectivity index (χ4v) is 3.74. The van der Waals surface area contributed by atoms with Crippen molar-refractivity contribution in [1.82, 2.24) is 20.0 Å². The van der Waals surface area contributed by atoms with Gasteiger partial charge in [-0.1, -0.05) is 6.07 Å². The SMILES string of the molecule is COc1ccc(-c2c(C(=O)O)c(Cn3nccn3)nc3cc(OC)c(OC)cc23)cc1OC. The first-order valence-electron chi connectivity index (χ1n) is 9.89. The van der Waals surface area contributed by atoms with E-state index in [9.17, 15) is 9.90 Å². The molecule has 0 fully saturated rings. The van der Waals surface area contributed by atoms with Gasteiger partial charge in [0.25, 0.3) is 0 Å². The molecule has 170 valence electrons. The number of hydrogen-bond donors (Lipinski definition) is 1. The van der Waals surface area contributed by atoms with Gasteiger partial charge in [0.15, 0.2) is 23.0 Å². The second kappa shape index (κ2) is 9.03. The van der Waals surface area contributed by atoms with Crippen molar-refractivity contribution in [2.75, 3.05) is 28.4 Å². The molecule has 0 saturated heterocycles. The van der Waals surface area contributed by atoms with Crippen LogP contribution >= 0.6 is 0 Å². The highest BCUT2D eigenvalue weighted by atomic mass is 16.5. The molecular weight excluding hydrogens is 428 g/mol. The molecule has 2 aromatic heterocycles. The van der Waals surface area contributed by atoms with Crippen LogP contribution in [0.25, 0.3) is 22.0 Å². The Balaban J connectivity index is 2.10. The summed E-state index contributed by atoms with van der Waals surface area (Å²) < 4.78 is 21.7. The predicted molar refractivity (Wildman–Crippen MR) is 119 cm³/mol. The molecule has 0 saturated carbocycles. The molecule has 10 nitrogen and oxygen atoms in total. The molecule has 0 unspecified atom stereocenters. The van der Waals surface area contributed by atoms with Crippen molar-refractivity contribution in [2.45, 2.75) is 6.54 Å². The molecule has 0 atom stereocenters. The molecule has 4 rings (SSSR count). The number of carboxylic acid groups (broad SMARTS) is 1. The number of carboxylic acids is 1. The third kappa shape index (κ3) is 3.98. The van der Waals surface area contributed by atoms with Crippen LogP contribution in [-0.4, -0.2) is 59.5 Å². The van der Waals surface area contributed by atoms with Crippen molar-refractivity contribution < 1.29 is 28.8 Å². The standard InChI is InChI=1S/C23H22N4O6/c1-30-17-6-5-13(9-18(17)31-2)21-14-10-19(32-3)20(33-4)11-15(14)26-16(22(21)23(28)29)12-27-24-7-8-25-27/h5-11H,12H2,1-4H3,(H,28,29). The fourth-order valence-electron chi connectivity index (χ4n) is 3.74. The summed E-state index contributed by atoms with van der Waals surface area (Å²) in [5.74, 6) is 0.781.